The number of anilines is 2. The summed E-state index contributed by atoms with van der Waals surface area (Å²) in [5.74, 6) is 0.679. The lowest BCUT2D eigenvalue weighted by Gasteiger charge is -2.37. The molecule has 0 unspecified atom stereocenters. The third-order valence-electron chi connectivity index (χ3n) is 6.49. The fraction of sp³-hybridized carbons (Fsp3) is 0.417. The molecular formula is C24H29N5O3S. The first-order valence-corrected chi connectivity index (χ1v) is 12.0. The van der Waals surface area contributed by atoms with Gasteiger partial charge in [-0.2, -0.15) is 0 Å². The van der Waals surface area contributed by atoms with Crippen molar-refractivity contribution in [2.24, 2.45) is 5.73 Å². The van der Waals surface area contributed by atoms with E-state index in [0.717, 1.165) is 52.4 Å². The number of thiophene rings is 1. The predicted octanol–water partition coefficient (Wildman–Crippen LogP) is 2.47. The van der Waals surface area contributed by atoms with E-state index in [-0.39, 0.29) is 24.1 Å². The highest BCUT2D eigenvalue weighted by molar-refractivity contribution is 7.21. The second-order valence-electron chi connectivity index (χ2n) is 8.80. The Morgan fingerprint density at radius 3 is 2.97 bits per heavy atom. The predicted molar refractivity (Wildman–Crippen MR) is 131 cm³/mol. The van der Waals surface area contributed by atoms with Gasteiger partial charge in [-0.3, -0.25) is 4.79 Å². The number of aromatic nitrogens is 1. The van der Waals surface area contributed by atoms with E-state index in [1.54, 1.807) is 7.11 Å². The van der Waals surface area contributed by atoms with Crippen LogP contribution in [0.1, 0.15) is 27.3 Å². The zero-order chi connectivity index (χ0) is 23.1. The van der Waals surface area contributed by atoms with Crippen LogP contribution in [0.5, 0.6) is 5.75 Å². The van der Waals surface area contributed by atoms with Gasteiger partial charge in [0.25, 0.3) is 5.91 Å². The van der Waals surface area contributed by atoms with E-state index in [9.17, 15) is 4.79 Å². The number of carbonyl (C=O) groups is 1. The van der Waals surface area contributed by atoms with Crippen LogP contribution in [0.4, 0.5) is 11.4 Å². The van der Waals surface area contributed by atoms with Crippen LogP contribution < -0.4 is 26.4 Å². The van der Waals surface area contributed by atoms with E-state index in [2.05, 4.69) is 33.4 Å². The van der Waals surface area contributed by atoms with Gasteiger partial charge >= 0.3 is 0 Å². The molecule has 2 aliphatic heterocycles. The number of nitrogens with one attached hydrogen (secondary N) is 1. The Hall–Kier alpha value is -2.88. The molecule has 0 aliphatic carbocycles. The molecular weight excluding hydrogens is 438 g/mol. The molecule has 1 fully saturated rings. The highest BCUT2D eigenvalue weighted by Crippen LogP contribution is 2.34. The van der Waals surface area contributed by atoms with Gasteiger partial charge in [-0.25, -0.2) is 4.98 Å². The van der Waals surface area contributed by atoms with Crippen molar-refractivity contribution in [3.05, 3.63) is 46.5 Å². The number of methoxy groups -OCH3 is 1. The monoisotopic (exact) mass is 467 g/mol. The van der Waals surface area contributed by atoms with Gasteiger partial charge in [-0.05, 0) is 43.5 Å². The highest BCUT2D eigenvalue weighted by Gasteiger charge is 2.28. The fourth-order valence-electron chi connectivity index (χ4n) is 4.65. The number of amides is 1. The first-order valence-electron chi connectivity index (χ1n) is 11.2. The number of aryl methyl sites for hydroxylation is 1. The number of rotatable bonds is 4. The van der Waals surface area contributed by atoms with Gasteiger partial charge in [0, 0.05) is 49.1 Å². The van der Waals surface area contributed by atoms with Crippen molar-refractivity contribution in [1.82, 2.24) is 10.3 Å². The maximum Gasteiger partial charge on any atom is 0.263 e. The summed E-state index contributed by atoms with van der Waals surface area (Å²) in [4.78, 5) is 21.0. The SMILES string of the molecule is CO[C@H]1CCN(c2ccc3c(c2)OC[C@H](NC(=O)c2sc4nc(C)ccc4c2N)C3)C[C@@H]1N. The number of hydrogen-bond donors (Lipinski definition) is 3. The third kappa shape index (κ3) is 4.23. The van der Waals surface area contributed by atoms with E-state index < -0.39 is 0 Å². The quantitative estimate of drug-likeness (QED) is 0.540. The minimum absolute atomic E-state index is 0.0132. The Labute approximate surface area is 196 Å². The van der Waals surface area contributed by atoms with Crippen molar-refractivity contribution in [2.75, 3.05) is 37.4 Å². The molecule has 3 atom stereocenters. The molecule has 3 aromatic rings. The molecule has 0 radical (unpaired) electrons. The number of ether oxygens (including phenoxy) is 2. The van der Waals surface area contributed by atoms with Crippen LogP contribution in [-0.2, 0) is 11.2 Å². The standard InChI is InChI=1S/C24H29N5O3S/c1-13-3-6-17-21(26)22(33-24(17)27-13)23(30)28-15-9-14-4-5-16(10-20(14)32-12-15)29-8-7-19(31-2)18(25)11-29/h3-6,10,15,18-19H,7-9,11-12,25-26H2,1-2H3,(H,28,30)/t15-,18+,19+/m1/s1. The van der Waals surface area contributed by atoms with Crippen LogP contribution in [0.25, 0.3) is 10.2 Å². The van der Waals surface area contributed by atoms with E-state index in [0.29, 0.717) is 23.6 Å². The Kier molecular flexibility index (Phi) is 5.86. The van der Waals surface area contributed by atoms with Crippen LogP contribution in [-0.4, -0.2) is 55.9 Å². The maximum absolute atomic E-state index is 13.0. The fourth-order valence-corrected chi connectivity index (χ4v) is 5.69. The summed E-state index contributed by atoms with van der Waals surface area (Å²) in [6, 6.07) is 9.94. The van der Waals surface area contributed by atoms with E-state index >= 15 is 0 Å². The van der Waals surface area contributed by atoms with Crippen LogP contribution in [0, 0.1) is 6.92 Å². The van der Waals surface area contributed by atoms with Gasteiger partial charge < -0.3 is 31.2 Å². The molecule has 8 nitrogen and oxygen atoms in total. The second-order valence-corrected chi connectivity index (χ2v) is 9.80. The van der Waals surface area contributed by atoms with Crippen molar-refractivity contribution in [2.45, 2.75) is 38.0 Å². The summed E-state index contributed by atoms with van der Waals surface area (Å²) in [5.41, 5.74) is 16.1. The Morgan fingerprint density at radius 1 is 1.33 bits per heavy atom. The molecule has 1 saturated heterocycles. The molecule has 0 bridgehead atoms. The molecule has 0 saturated carbocycles. The number of hydrogen-bond acceptors (Lipinski definition) is 8. The minimum atomic E-state index is -0.183. The molecule has 2 aliphatic rings. The van der Waals surface area contributed by atoms with Crippen molar-refractivity contribution in [1.29, 1.82) is 0 Å². The average Bonchev–Trinajstić information content (AvgIpc) is 3.14. The topological polar surface area (TPSA) is 116 Å². The van der Waals surface area contributed by atoms with Crippen LogP contribution in [0.3, 0.4) is 0 Å². The largest absolute Gasteiger partial charge is 0.491 e. The minimum Gasteiger partial charge on any atom is -0.491 e. The highest BCUT2D eigenvalue weighted by atomic mass is 32.1. The number of fused-ring (bicyclic) bond motifs is 2. The molecule has 33 heavy (non-hydrogen) atoms. The summed E-state index contributed by atoms with van der Waals surface area (Å²) in [6.45, 7) is 3.98. The summed E-state index contributed by atoms with van der Waals surface area (Å²) in [7, 11) is 1.72. The number of nitrogen functional groups attached to an aromatic ring is 1. The molecule has 174 valence electrons. The van der Waals surface area contributed by atoms with Gasteiger partial charge in [0.2, 0.25) is 0 Å². The number of nitrogens with two attached hydrogens (primary N) is 2. The van der Waals surface area contributed by atoms with Crippen LogP contribution >= 0.6 is 11.3 Å². The van der Waals surface area contributed by atoms with Crippen molar-refractivity contribution >= 4 is 38.8 Å². The lowest BCUT2D eigenvalue weighted by molar-refractivity contribution is 0.0664. The van der Waals surface area contributed by atoms with Gasteiger partial charge in [0.1, 0.15) is 22.1 Å². The number of piperidine rings is 1. The molecule has 9 heteroatoms. The maximum atomic E-state index is 13.0. The molecule has 5 rings (SSSR count). The van der Waals surface area contributed by atoms with Gasteiger partial charge in [0.05, 0.1) is 17.8 Å². The zero-order valence-corrected chi connectivity index (χ0v) is 19.7. The Morgan fingerprint density at radius 2 is 2.18 bits per heavy atom. The summed E-state index contributed by atoms with van der Waals surface area (Å²) >= 11 is 1.33. The van der Waals surface area contributed by atoms with Crippen molar-refractivity contribution in [3.63, 3.8) is 0 Å². The average molecular weight is 468 g/mol. The lowest BCUT2D eigenvalue weighted by Crippen LogP contribution is -2.52. The normalized spacial score (nSPS) is 22.6. The van der Waals surface area contributed by atoms with Gasteiger partial charge in [0.15, 0.2) is 0 Å². The van der Waals surface area contributed by atoms with E-state index in [4.69, 9.17) is 20.9 Å². The number of benzene rings is 1. The summed E-state index contributed by atoms with van der Waals surface area (Å²) in [6.07, 6.45) is 1.71. The third-order valence-corrected chi connectivity index (χ3v) is 7.61. The summed E-state index contributed by atoms with van der Waals surface area (Å²) in [5, 5.41) is 3.91. The van der Waals surface area contributed by atoms with E-state index in [1.165, 1.54) is 11.3 Å². The van der Waals surface area contributed by atoms with Crippen LogP contribution in [0.15, 0.2) is 30.3 Å². The molecule has 2 aromatic heterocycles. The molecule has 1 aromatic carbocycles. The second kappa shape index (κ2) is 8.81. The van der Waals surface area contributed by atoms with Crippen molar-refractivity contribution < 1.29 is 14.3 Å². The van der Waals surface area contributed by atoms with E-state index in [1.807, 2.05) is 19.1 Å². The van der Waals surface area contributed by atoms with Crippen LogP contribution in [0.2, 0.25) is 0 Å². The smallest absolute Gasteiger partial charge is 0.263 e. The van der Waals surface area contributed by atoms with Gasteiger partial charge in [-0.15, -0.1) is 11.3 Å². The molecule has 1 amide bonds. The molecule has 0 spiro atoms. The zero-order valence-electron chi connectivity index (χ0n) is 18.8. The Balaban J connectivity index is 1.26. The number of carbonyl (C=O) groups excluding carboxylic acids is 1. The number of pyridine rings is 1. The molecule has 4 heterocycles. The molecule has 5 N–H and O–H groups in total. The first kappa shape index (κ1) is 21.9. The van der Waals surface area contributed by atoms with Crippen molar-refractivity contribution in [3.8, 4) is 5.75 Å². The lowest BCUT2D eigenvalue weighted by atomic mass is 9.99. The first-order chi connectivity index (χ1) is 15.9. The Bertz CT molecular complexity index is 1200. The number of nitrogens with zero attached hydrogens (tertiary/aromatic N) is 2. The summed E-state index contributed by atoms with van der Waals surface area (Å²) < 4.78 is 11.5. The van der Waals surface area contributed by atoms with Gasteiger partial charge in [-0.1, -0.05) is 6.07 Å².